The van der Waals surface area contributed by atoms with Crippen molar-refractivity contribution in [2.45, 2.75) is 46.2 Å². The summed E-state index contributed by atoms with van der Waals surface area (Å²) in [7, 11) is 0. The van der Waals surface area contributed by atoms with E-state index < -0.39 is 0 Å². The van der Waals surface area contributed by atoms with E-state index in [9.17, 15) is 0 Å². The van der Waals surface area contributed by atoms with Gasteiger partial charge in [0, 0.05) is 24.2 Å². The molecule has 0 fully saturated rings. The Kier molecular flexibility index (Phi) is 4.92. The van der Waals surface area contributed by atoms with E-state index in [0.717, 1.165) is 18.0 Å². The minimum absolute atomic E-state index is 0.576. The molecule has 2 heteroatoms. The van der Waals surface area contributed by atoms with Gasteiger partial charge in [-0.15, -0.1) is 0 Å². The maximum Gasteiger partial charge on any atom is 0.0702 e. The summed E-state index contributed by atoms with van der Waals surface area (Å²) in [4.78, 5) is 4.35. The fraction of sp³-hybridized carbons (Fsp3) is 0.471. The second-order valence-electron chi connectivity index (χ2n) is 5.78. The first-order valence-corrected chi connectivity index (χ1v) is 7.22. The normalized spacial score (nSPS) is 13.1. The Labute approximate surface area is 116 Å². The molecule has 1 heterocycles. The minimum atomic E-state index is 0.576. The standard InChI is InChI=1S/C17H24N2/c1-13(2)6-7-14(3)19-12-15-8-9-17-16(11-15)5-4-10-18-17/h4-5,8-11,13-14,19H,6-7,12H2,1-3H3. The van der Waals surface area contributed by atoms with Crippen LogP contribution in [0.5, 0.6) is 0 Å². The summed E-state index contributed by atoms with van der Waals surface area (Å²) in [6, 6.07) is 11.2. The molecule has 102 valence electrons. The molecule has 0 saturated carbocycles. The van der Waals surface area contributed by atoms with Gasteiger partial charge in [0.25, 0.3) is 0 Å². The summed E-state index contributed by atoms with van der Waals surface area (Å²) in [6.07, 6.45) is 4.37. The van der Waals surface area contributed by atoms with Gasteiger partial charge in [-0.3, -0.25) is 4.98 Å². The highest BCUT2D eigenvalue weighted by atomic mass is 14.9. The first-order chi connectivity index (χ1) is 9.15. The average molecular weight is 256 g/mol. The third-order valence-electron chi connectivity index (χ3n) is 3.50. The van der Waals surface area contributed by atoms with Crippen molar-refractivity contribution in [1.82, 2.24) is 10.3 Å². The molecule has 0 bridgehead atoms. The predicted molar refractivity (Wildman–Crippen MR) is 82.1 cm³/mol. The van der Waals surface area contributed by atoms with Crippen molar-refractivity contribution in [2.24, 2.45) is 5.92 Å². The van der Waals surface area contributed by atoms with E-state index >= 15 is 0 Å². The van der Waals surface area contributed by atoms with Crippen LogP contribution in [0.2, 0.25) is 0 Å². The number of rotatable bonds is 6. The van der Waals surface area contributed by atoms with Crippen LogP contribution in [0.1, 0.15) is 39.2 Å². The number of fused-ring (bicyclic) bond motifs is 1. The Morgan fingerprint density at radius 1 is 1.11 bits per heavy atom. The summed E-state index contributed by atoms with van der Waals surface area (Å²) >= 11 is 0. The van der Waals surface area contributed by atoms with Crippen LogP contribution in [0.3, 0.4) is 0 Å². The van der Waals surface area contributed by atoms with Gasteiger partial charge in [0.1, 0.15) is 0 Å². The lowest BCUT2D eigenvalue weighted by molar-refractivity contribution is 0.451. The van der Waals surface area contributed by atoms with Gasteiger partial charge in [0.05, 0.1) is 5.52 Å². The van der Waals surface area contributed by atoms with Crippen molar-refractivity contribution in [2.75, 3.05) is 0 Å². The molecule has 2 aromatic rings. The molecule has 0 saturated heterocycles. The number of hydrogen-bond donors (Lipinski definition) is 1. The van der Waals surface area contributed by atoms with Gasteiger partial charge in [-0.2, -0.15) is 0 Å². The molecule has 0 aliphatic heterocycles. The topological polar surface area (TPSA) is 24.9 Å². The molecule has 1 aromatic carbocycles. The van der Waals surface area contributed by atoms with Crippen LogP contribution in [0.4, 0.5) is 0 Å². The monoisotopic (exact) mass is 256 g/mol. The first-order valence-electron chi connectivity index (χ1n) is 7.22. The molecule has 0 aliphatic rings. The zero-order valence-corrected chi connectivity index (χ0v) is 12.2. The quantitative estimate of drug-likeness (QED) is 0.840. The number of pyridine rings is 1. The van der Waals surface area contributed by atoms with Crippen molar-refractivity contribution >= 4 is 10.9 Å². The molecule has 1 atom stereocenters. The molecule has 0 spiro atoms. The summed E-state index contributed by atoms with van der Waals surface area (Å²) in [6.45, 7) is 7.77. The van der Waals surface area contributed by atoms with Gasteiger partial charge >= 0.3 is 0 Å². The van der Waals surface area contributed by atoms with E-state index in [1.54, 1.807) is 0 Å². The molecule has 1 aromatic heterocycles. The third kappa shape index (κ3) is 4.32. The second kappa shape index (κ2) is 6.67. The average Bonchev–Trinajstić information content (AvgIpc) is 2.42. The van der Waals surface area contributed by atoms with Crippen LogP contribution in [0.15, 0.2) is 36.5 Å². The molecule has 2 nitrogen and oxygen atoms in total. The molecule has 0 amide bonds. The summed E-state index contributed by atoms with van der Waals surface area (Å²) in [5.41, 5.74) is 2.40. The second-order valence-corrected chi connectivity index (χ2v) is 5.78. The fourth-order valence-electron chi connectivity index (χ4n) is 2.21. The first kappa shape index (κ1) is 14.0. The van der Waals surface area contributed by atoms with E-state index in [1.165, 1.54) is 23.8 Å². The highest BCUT2D eigenvalue weighted by Gasteiger charge is 2.04. The number of nitrogens with one attached hydrogen (secondary N) is 1. The smallest absolute Gasteiger partial charge is 0.0702 e. The van der Waals surface area contributed by atoms with Crippen molar-refractivity contribution in [3.8, 4) is 0 Å². The molecule has 0 radical (unpaired) electrons. The number of nitrogens with zero attached hydrogens (tertiary/aromatic N) is 1. The zero-order chi connectivity index (χ0) is 13.7. The highest BCUT2D eigenvalue weighted by molar-refractivity contribution is 5.78. The lowest BCUT2D eigenvalue weighted by Gasteiger charge is -2.15. The van der Waals surface area contributed by atoms with Crippen LogP contribution in [0, 0.1) is 5.92 Å². The number of hydrogen-bond acceptors (Lipinski definition) is 2. The predicted octanol–water partition coefficient (Wildman–Crippen LogP) is 4.15. The van der Waals surface area contributed by atoms with E-state index in [4.69, 9.17) is 0 Å². The van der Waals surface area contributed by atoms with Crippen molar-refractivity contribution in [1.29, 1.82) is 0 Å². The largest absolute Gasteiger partial charge is 0.310 e. The summed E-state index contributed by atoms with van der Waals surface area (Å²) in [5.74, 6) is 0.788. The lowest BCUT2D eigenvalue weighted by Crippen LogP contribution is -2.25. The Bertz CT molecular complexity index is 519. The Balaban J connectivity index is 1.90. The summed E-state index contributed by atoms with van der Waals surface area (Å²) in [5, 5.41) is 4.82. The molecular weight excluding hydrogens is 232 g/mol. The highest BCUT2D eigenvalue weighted by Crippen LogP contribution is 2.13. The Hall–Kier alpha value is -1.41. The number of benzene rings is 1. The van der Waals surface area contributed by atoms with Gasteiger partial charge in [-0.25, -0.2) is 0 Å². The van der Waals surface area contributed by atoms with Gasteiger partial charge in [-0.05, 0) is 49.4 Å². The zero-order valence-electron chi connectivity index (χ0n) is 12.2. The van der Waals surface area contributed by atoms with Crippen LogP contribution in [-0.4, -0.2) is 11.0 Å². The molecule has 0 aliphatic carbocycles. The van der Waals surface area contributed by atoms with E-state index in [-0.39, 0.29) is 0 Å². The molecule has 1 N–H and O–H groups in total. The molecule has 2 rings (SSSR count). The molecule has 19 heavy (non-hydrogen) atoms. The molecular formula is C17H24N2. The SMILES string of the molecule is CC(C)CCC(C)NCc1ccc2ncccc2c1. The lowest BCUT2D eigenvalue weighted by atomic mass is 10.0. The van der Waals surface area contributed by atoms with Gasteiger partial charge in [0.2, 0.25) is 0 Å². The maximum absolute atomic E-state index is 4.35. The van der Waals surface area contributed by atoms with Crippen molar-refractivity contribution in [3.05, 3.63) is 42.1 Å². The van der Waals surface area contributed by atoms with E-state index in [1.807, 2.05) is 12.3 Å². The third-order valence-corrected chi connectivity index (χ3v) is 3.50. The van der Waals surface area contributed by atoms with Crippen LogP contribution < -0.4 is 5.32 Å². The van der Waals surface area contributed by atoms with Crippen LogP contribution >= 0.6 is 0 Å². The maximum atomic E-state index is 4.35. The van der Waals surface area contributed by atoms with Gasteiger partial charge in [0.15, 0.2) is 0 Å². The van der Waals surface area contributed by atoms with Crippen molar-refractivity contribution < 1.29 is 0 Å². The Morgan fingerprint density at radius 2 is 1.95 bits per heavy atom. The van der Waals surface area contributed by atoms with Crippen molar-refractivity contribution in [3.63, 3.8) is 0 Å². The van der Waals surface area contributed by atoms with Gasteiger partial charge in [-0.1, -0.05) is 26.0 Å². The minimum Gasteiger partial charge on any atom is -0.310 e. The fourth-order valence-corrected chi connectivity index (χ4v) is 2.21. The van der Waals surface area contributed by atoms with E-state index in [0.29, 0.717) is 6.04 Å². The number of aromatic nitrogens is 1. The van der Waals surface area contributed by atoms with Crippen LogP contribution in [-0.2, 0) is 6.54 Å². The summed E-state index contributed by atoms with van der Waals surface area (Å²) < 4.78 is 0. The van der Waals surface area contributed by atoms with Crippen LogP contribution in [0.25, 0.3) is 10.9 Å². The Morgan fingerprint density at radius 3 is 2.74 bits per heavy atom. The van der Waals surface area contributed by atoms with E-state index in [2.05, 4.69) is 55.3 Å². The van der Waals surface area contributed by atoms with Gasteiger partial charge < -0.3 is 5.32 Å². The molecule has 1 unspecified atom stereocenters.